The summed E-state index contributed by atoms with van der Waals surface area (Å²) in [5, 5.41) is 0. The van der Waals surface area contributed by atoms with Crippen LogP contribution < -0.4 is 10.5 Å². The molecule has 2 aromatic rings. The molecule has 112 valence electrons. The highest BCUT2D eigenvalue weighted by atomic mass is 19.1. The van der Waals surface area contributed by atoms with Crippen LogP contribution in [0.25, 0.3) is 0 Å². The van der Waals surface area contributed by atoms with E-state index in [1.165, 1.54) is 0 Å². The van der Waals surface area contributed by atoms with Crippen LogP contribution in [0.4, 0.5) is 4.39 Å². The molecule has 0 heterocycles. The van der Waals surface area contributed by atoms with Gasteiger partial charge in [0.05, 0.1) is 12.1 Å². The number of halogens is 1. The summed E-state index contributed by atoms with van der Waals surface area (Å²) in [6.45, 7) is 7.49. The second-order valence-corrected chi connectivity index (χ2v) is 5.69. The molecule has 0 aliphatic carbocycles. The molecule has 2 N–H and O–H groups in total. The summed E-state index contributed by atoms with van der Waals surface area (Å²) in [6, 6.07) is 11.1. The zero-order valence-electron chi connectivity index (χ0n) is 13.0. The molecular weight excluding hydrogens is 265 g/mol. The van der Waals surface area contributed by atoms with Crippen molar-refractivity contribution in [3.8, 4) is 5.75 Å². The van der Waals surface area contributed by atoms with Crippen molar-refractivity contribution in [2.75, 3.05) is 0 Å². The van der Waals surface area contributed by atoms with Gasteiger partial charge in [0.15, 0.2) is 0 Å². The zero-order chi connectivity index (χ0) is 15.6. The lowest BCUT2D eigenvalue weighted by atomic mass is 9.96. The van der Waals surface area contributed by atoms with Gasteiger partial charge in [-0.15, -0.1) is 0 Å². The number of rotatable bonds is 4. The molecule has 2 aromatic carbocycles. The number of nitrogens with two attached hydrogens (primary N) is 1. The average molecular weight is 287 g/mol. The van der Waals surface area contributed by atoms with E-state index >= 15 is 0 Å². The Labute approximate surface area is 125 Å². The van der Waals surface area contributed by atoms with Gasteiger partial charge in [-0.05, 0) is 62.1 Å². The molecule has 1 unspecified atom stereocenters. The first-order valence-electron chi connectivity index (χ1n) is 7.17. The minimum atomic E-state index is -0.293. The molecule has 0 saturated heterocycles. The van der Waals surface area contributed by atoms with Crippen LogP contribution in [0.5, 0.6) is 5.75 Å². The summed E-state index contributed by atoms with van der Waals surface area (Å²) >= 11 is 0. The van der Waals surface area contributed by atoms with Crippen LogP contribution in [-0.4, -0.2) is 6.10 Å². The van der Waals surface area contributed by atoms with Gasteiger partial charge < -0.3 is 10.5 Å². The maximum Gasteiger partial charge on any atom is 0.129 e. The molecule has 2 nitrogen and oxygen atoms in total. The summed E-state index contributed by atoms with van der Waals surface area (Å²) in [5.74, 6) is 0.636. The maximum absolute atomic E-state index is 13.7. The molecule has 2 rings (SSSR count). The molecule has 0 bridgehead atoms. The molecule has 0 radical (unpaired) electrons. The van der Waals surface area contributed by atoms with Crippen molar-refractivity contribution in [2.24, 2.45) is 5.73 Å². The van der Waals surface area contributed by atoms with E-state index in [0.29, 0.717) is 11.1 Å². The van der Waals surface area contributed by atoms with Crippen molar-refractivity contribution in [2.45, 2.75) is 39.8 Å². The van der Waals surface area contributed by atoms with Crippen LogP contribution in [0, 0.1) is 19.7 Å². The lowest BCUT2D eigenvalue weighted by molar-refractivity contribution is 0.242. The van der Waals surface area contributed by atoms with Crippen LogP contribution in [0.3, 0.4) is 0 Å². The van der Waals surface area contributed by atoms with Gasteiger partial charge >= 0.3 is 0 Å². The molecule has 21 heavy (non-hydrogen) atoms. The summed E-state index contributed by atoms with van der Waals surface area (Å²) in [7, 11) is 0. The predicted molar refractivity (Wildman–Crippen MR) is 84.1 cm³/mol. The Hall–Kier alpha value is -1.87. The van der Waals surface area contributed by atoms with Crippen molar-refractivity contribution in [1.82, 2.24) is 0 Å². The number of hydrogen-bond donors (Lipinski definition) is 1. The van der Waals surface area contributed by atoms with Crippen molar-refractivity contribution >= 4 is 0 Å². The minimum absolute atomic E-state index is 0.117. The van der Waals surface area contributed by atoms with Gasteiger partial charge in [0.1, 0.15) is 11.6 Å². The van der Waals surface area contributed by atoms with Crippen LogP contribution in [0.2, 0.25) is 0 Å². The largest absolute Gasteiger partial charge is 0.491 e. The Morgan fingerprint density at radius 2 is 1.62 bits per heavy atom. The molecule has 0 aromatic heterocycles. The lowest BCUT2D eigenvalue weighted by Crippen LogP contribution is -2.13. The fourth-order valence-electron chi connectivity index (χ4n) is 2.40. The Balaban J connectivity index is 2.33. The molecular formula is C18H22FNO. The second-order valence-electron chi connectivity index (χ2n) is 5.69. The average Bonchev–Trinajstić information content (AvgIpc) is 2.43. The van der Waals surface area contributed by atoms with Gasteiger partial charge in [-0.1, -0.05) is 24.3 Å². The predicted octanol–water partition coefficient (Wildman–Crippen LogP) is 4.28. The van der Waals surface area contributed by atoms with E-state index in [-0.39, 0.29) is 18.0 Å². The van der Waals surface area contributed by atoms with Crippen LogP contribution in [0.15, 0.2) is 36.4 Å². The SMILES string of the molecule is Cc1cc(C(N)c2cccc(OC(C)C)c2)cc(C)c1F. The molecule has 0 amide bonds. The lowest BCUT2D eigenvalue weighted by Gasteiger charge is -2.17. The molecule has 3 heteroatoms. The van der Waals surface area contributed by atoms with Crippen molar-refractivity contribution < 1.29 is 9.13 Å². The standard InChI is InChI=1S/C18H22FNO/c1-11(2)21-16-7-5-6-14(10-16)18(20)15-8-12(3)17(19)13(4)9-15/h5-11,18H,20H2,1-4H3. The Kier molecular flexibility index (Phi) is 4.63. The van der Waals surface area contributed by atoms with Crippen molar-refractivity contribution in [3.63, 3.8) is 0 Å². The van der Waals surface area contributed by atoms with Gasteiger partial charge in [-0.2, -0.15) is 0 Å². The summed E-state index contributed by atoms with van der Waals surface area (Å²) in [4.78, 5) is 0. The summed E-state index contributed by atoms with van der Waals surface area (Å²) < 4.78 is 19.4. The third-order valence-corrected chi connectivity index (χ3v) is 3.41. The van der Waals surface area contributed by atoms with Gasteiger partial charge in [0, 0.05) is 0 Å². The maximum atomic E-state index is 13.7. The fraction of sp³-hybridized carbons (Fsp3) is 0.333. The molecule has 0 aliphatic rings. The van der Waals surface area contributed by atoms with Crippen molar-refractivity contribution in [1.29, 1.82) is 0 Å². The highest BCUT2D eigenvalue weighted by Gasteiger charge is 2.13. The van der Waals surface area contributed by atoms with Gasteiger partial charge in [-0.25, -0.2) is 4.39 Å². The van der Waals surface area contributed by atoms with E-state index in [9.17, 15) is 4.39 Å². The summed E-state index contributed by atoms with van der Waals surface area (Å²) in [5.41, 5.74) is 9.43. The minimum Gasteiger partial charge on any atom is -0.491 e. The van der Waals surface area contributed by atoms with E-state index in [1.54, 1.807) is 13.8 Å². The van der Waals surface area contributed by atoms with E-state index < -0.39 is 0 Å². The van der Waals surface area contributed by atoms with Crippen molar-refractivity contribution in [3.05, 3.63) is 64.5 Å². The quantitative estimate of drug-likeness (QED) is 0.911. The Morgan fingerprint density at radius 3 is 2.19 bits per heavy atom. The van der Waals surface area contributed by atoms with Crippen LogP contribution in [-0.2, 0) is 0 Å². The number of hydrogen-bond acceptors (Lipinski definition) is 2. The number of benzene rings is 2. The first kappa shape index (κ1) is 15.5. The van der Waals surface area contributed by atoms with E-state index in [2.05, 4.69) is 0 Å². The molecule has 0 fully saturated rings. The smallest absolute Gasteiger partial charge is 0.129 e. The van der Waals surface area contributed by atoms with Gasteiger partial charge in [-0.3, -0.25) is 0 Å². The highest BCUT2D eigenvalue weighted by Crippen LogP contribution is 2.26. The first-order valence-corrected chi connectivity index (χ1v) is 7.17. The van der Waals surface area contributed by atoms with Gasteiger partial charge in [0.25, 0.3) is 0 Å². The number of aryl methyl sites for hydroxylation is 2. The monoisotopic (exact) mass is 287 g/mol. The van der Waals surface area contributed by atoms with E-state index in [0.717, 1.165) is 16.9 Å². The zero-order valence-corrected chi connectivity index (χ0v) is 13.0. The summed E-state index contributed by atoms with van der Waals surface area (Å²) in [6.07, 6.45) is 0.117. The Morgan fingerprint density at radius 1 is 1.00 bits per heavy atom. The van der Waals surface area contributed by atoms with Crippen LogP contribution in [0.1, 0.15) is 42.1 Å². The third-order valence-electron chi connectivity index (χ3n) is 3.41. The normalized spacial score (nSPS) is 12.5. The molecule has 0 aliphatic heterocycles. The van der Waals surface area contributed by atoms with E-state index in [4.69, 9.17) is 10.5 Å². The van der Waals surface area contributed by atoms with Crippen LogP contribution >= 0.6 is 0 Å². The Bertz CT molecular complexity index is 614. The molecule has 1 atom stereocenters. The van der Waals surface area contributed by atoms with E-state index in [1.807, 2.05) is 50.2 Å². The number of ether oxygens (including phenoxy) is 1. The fourth-order valence-corrected chi connectivity index (χ4v) is 2.40. The first-order chi connectivity index (χ1) is 9.88. The highest BCUT2D eigenvalue weighted by molar-refractivity contribution is 5.40. The third kappa shape index (κ3) is 3.61. The molecule has 0 spiro atoms. The van der Waals surface area contributed by atoms with Gasteiger partial charge in [0.2, 0.25) is 0 Å². The molecule has 0 saturated carbocycles. The topological polar surface area (TPSA) is 35.2 Å². The second kappa shape index (κ2) is 6.27.